The lowest BCUT2D eigenvalue weighted by Crippen LogP contribution is -2.35. The van der Waals surface area contributed by atoms with Gasteiger partial charge in [-0.2, -0.15) is 0 Å². The van der Waals surface area contributed by atoms with Crippen LogP contribution in [0, 0.1) is 5.82 Å². The molecule has 1 aliphatic rings. The Morgan fingerprint density at radius 3 is 2.89 bits per heavy atom. The van der Waals surface area contributed by atoms with Gasteiger partial charge in [0.25, 0.3) is 0 Å². The zero-order chi connectivity index (χ0) is 13.0. The minimum Gasteiger partial charge on any atom is -0.295 e. The molecule has 1 heterocycles. The van der Waals surface area contributed by atoms with Crippen LogP contribution in [-0.4, -0.2) is 22.8 Å². The Kier molecular flexibility index (Phi) is 5.64. The molecule has 0 aromatic heterocycles. The minimum absolute atomic E-state index is 0.101. The van der Waals surface area contributed by atoms with E-state index in [2.05, 4.69) is 36.8 Å². The van der Waals surface area contributed by atoms with E-state index in [4.69, 9.17) is 0 Å². The molecule has 1 aromatic rings. The highest BCUT2D eigenvalue weighted by Gasteiger charge is 2.21. The SMILES string of the molecule is Fc1ccc(Br)cc1CN1CCCCCC1CBr. The highest BCUT2D eigenvalue weighted by atomic mass is 79.9. The predicted octanol–water partition coefficient (Wildman–Crippen LogP) is 4.73. The van der Waals surface area contributed by atoms with E-state index in [1.165, 1.54) is 25.7 Å². The van der Waals surface area contributed by atoms with E-state index < -0.39 is 0 Å². The molecule has 1 atom stereocenters. The van der Waals surface area contributed by atoms with Crippen LogP contribution in [0.4, 0.5) is 4.39 Å². The first-order valence-electron chi connectivity index (χ1n) is 6.44. The first-order valence-corrected chi connectivity index (χ1v) is 8.36. The summed E-state index contributed by atoms with van der Waals surface area (Å²) in [6, 6.07) is 5.72. The fraction of sp³-hybridized carbons (Fsp3) is 0.571. The van der Waals surface area contributed by atoms with Crippen LogP contribution >= 0.6 is 31.9 Å². The van der Waals surface area contributed by atoms with Crippen LogP contribution in [0.2, 0.25) is 0 Å². The first-order chi connectivity index (χ1) is 8.70. The highest BCUT2D eigenvalue weighted by molar-refractivity contribution is 9.10. The number of hydrogen-bond acceptors (Lipinski definition) is 1. The predicted molar refractivity (Wildman–Crippen MR) is 80.6 cm³/mol. The lowest BCUT2D eigenvalue weighted by atomic mass is 10.1. The van der Waals surface area contributed by atoms with Crippen molar-refractivity contribution >= 4 is 31.9 Å². The monoisotopic (exact) mass is 377 g/mol. The molecule has 1 saturated heterocycles. The van der Waals surface area contributed by atoms with Crippen LogP contribution in [0.3, 0.4) is 0 Å². The quantitative estimate of drug-likeness (QED) is 0.687. The second-order valence-electron chi connectivity index (χ2n) is 4.86. The molecule has 1 fully saturated rings. The molecule has 1 aliphatic heterocycles. The van der Waals surface area contributed by atoms with Gasteiger partial charge in [-0.3, -0.25) is 4.90 Å². The molecule has 0 spiro atoms. The topological polar surface area (TPSA) is 3.24 Å². The van der Waals surface area contributed by atoms with Crippen LogP contribution in [0.15, 0.2) is 22.7 Å². The second-order valence-corrected chi connectivity index (χ2v) is 6.43. The van der Waals surface area contributed by atoms with Gasteiger partial charge in [0.2, 0.25) is 0 Å². The van der Waals surface area contributed by atoms with Gasteiger partial charge in [-0.15, -0.1) is 0 Å². The lowest BCUT2D eigenvalue weighted by molar-refractivity contribution is 0.206. The van der Waals surface area contributed by atoms with Gasteiger partial charge in [0.05, 0.1) is 0 Å². The third-order valence-corrected chi connectivity index (χ3v) is 4.80. The Morgan fingerprint density at radius 1 is 1.28 bits per heavy atom. The van der Waals surface area contributed by atoms with E-state index in [9.17, 15) is 4.39 Å². The second kappa shape index (κ2) is 7.01. The first kappa shape index (κ1) is 14.5. The summed E-state index contributed by atoms with van der Waals surface area (Å²) in [5.41, 5.74) is 0.789. The van der Waals surface area contributed by atoms with Gasteiger partial charge in [0, 0.05) is 28.0 Å². The van der Waals surface area contributed by atoms with Crippen molar-refractivity contribution in [2.24, 2.45) is 0 Å². The molecular weight excluding hydrogens is 361 g/mol. The summed E-state index contributed by atoms with van der Waals surface area (Å²) < 4.78 is 14.7. The van der Waals surface area contributed by atoms with Gasteiger partial charge >= 0.3 is 0 Å². The van der Waals surface area contributed by atoms with Crippen molar-refractivity contribution < 1.29 is 4.39 Å². The number of rotatable bonds is 3. The van der Waals surface area contributed by atoms with Gasteiger partial charge < -0.3 is 0 Å². The van der Waals surface area contributed by atoms with Crippen molar-refractivity contribution in [1.29, 1.82) is 0 Å². The minimum atomic E-state index is -0.101. The molecule has 1 unspecified atom stereocenters. The molecule has 0 radical (unpaired) electrons. The standard InChI is InChI=1S/C14H18Br2FN/c15-9-13-4-2-1-3-7-18(13)10-11-8-12(16)5-6-14(11)17/h5-6,8,13H,1-4,7,9-10H2. The maximum atomic E-state index is 13.8. The highest BCUT2D eigenvalue weighted by Crippen LogP contribution is 2.23. The Hall–Kier alpha value is 0.0700. The zero-order valence-corrected chi connectivity index (χ0v) is 13.5. The van der Waals surface area contributed by atoms with Crippen molar-refractivity contribution in [3.05, 3.63) is 34.1 Å². The summed E-state index contributed by atoms with van der Waals surface area (Å²) in [7, 11) is 0. The number of halogens is 3. The van der Waals surface area contributed by atoms with Crippen LogP contribution in [0.25, 0.3) is 0 Å². The summed E-state index contributed by atoms with van der Waals surface area (Å²) in [4.78, 5) is 2.41. The summed E-state index contributed by atoms with van der Waals surface area (Å²) in [5.74, 6) is -0.101. The van der Waals surface area contributed by atoms with Gasteiger partial charge in [-0.1, -0.05) is 44.7 Å². The van der Waals surface area contributed by atoms with E-state index in [1.807, 2.05) is 6.07 Å². The maximum absolute atomic E-state index is 13.8. The van der Waals surface area contributed by atoms with Crippen molar-refractivity contribution in [1.82, 2.24) is 4.90 Å². The molecule has 0 saturated carbocycles. The molecular formula is C14H18Br2FN. The van der Waals surface area contributed by atoms with E-state index in [1.54, 1.807) is 12.1 Å². The van der Waals surface area contributed by atoms with Gasteiger partial charge in [0.15, 0.2) is 0 Å². The molecule has 100 valence electrons. The van der Waals surface area contributed by atoms with Crippen LogP contribution in [0.1, 0.15) is 31.2 Å². The number of hydrogen-bond donors (Lipinski definition) is 0. The third-order valence-electron chi connectivity index (χ3n) is 3.56. The summed E-state index contributed by atoms with van der Waals surface area (Å²) in [6.45, 7) is 1.78. The van der Waals surface area contributed by atoms with Gasteiger partial charge in [-0.25, -0.2) is 4.39 Å². The fourth-order valence-electron chi connectivity index (χ4n) is 2.50. The normalized spacial score (nSPS) is 21.8. The summed E-state index contributed by atoms with van der Waals surface area (Å²) in [5, 5.41) is 0.975. The average Bonchev–Trinajstić information content (AvgIpc) is 2.59. The smallest absolute Gasteiger partial charge is 0.127 e. The fourth-order valence-corrected chi connectivity index (χ4v) is 3.64. The van der Waals surface area contributed by atoms with Gasteiger partial charge in [0.1, 0.15) is 5.82 Å². The Labute approximate surface area is 125 Å². The molecule has 1 nitrogen and oxygen atoms in total. The van der Waals surface area contributed by atoms with Crippen LogP contribution in [-0.2, 0) is 6.54 Å². The number of benzene rings is 1. The molecule has 0 aliphatic carbocycles. The molecule has 0 N–H and O–H groups in total. The van der Waals surface area contributed by atoms with Crippen molar-refractivity contribution in [2.75, 3.05) is 11.9 Å². The number of nitrogens with zero attached hydrogens (tertiary/aromatic N) is 1. The molecule has 0 bridgehead atoms. The van der Waals surface area contributed by atoms with E-state index in [0.29, 0.717) is 12.6 Å². The van der Waals surface area contributed by atoms with Crippen molar-refractivity contribution in [3.8, 4) is 0 Å². The van der Waals surface area contributed by atoms with Crippen molar-refractivity contribution in [2.45, 2.75) is 38.3 Å². The van der Waals surface area contributed by atoms with Crippen molar-refractivity contribution in [3.63, 3.8) is 0 Å². The summed E-state index contributed by atoms with van der Waals surface area (Å²) in [6.07, 6.45) is 5.01. The molecule has 0 amide bonds. The number of likely N-dealkylation sites (tertiary alicyclic amines) is 1. The number of alkyl halides is 1. The largest absolute Gasteiger partial charge is 0.295 e. The Bertz CT molecular complexity index is 397. The average molecular weight is 379 g/mol. The van der Waals surface area contributed by atoms with Crippen LogP contribution in [0.5, 0.6) is 0 Å². The third kappa shape index (κ3) is 3.78. The van der Waals surface area contributed by atoms with E-state index in [-0.39, 0.29) is 5.82 Å². The maximum Gasteiger partial charge on any atom is 0.127 e. The lowest BCUT2D eigenvalue weighted by Gasteiger charge is -2.28. The molecule has 4 heteroatoms. The van der Waals surface area contributed by atoms with Crippen LogP contribution < -0.4 is 0 Å². The molecule has 1 aromatic carbocycles. The molecule has 18 heavy (non-hydrogen) atoms. The van der Waals surface area contributed by atoms with E-state index in [0.717, 1.165) is 21.9 Å². The summed E-state index contributed by atoms with van der Waals surface area (Å²) >= 11 is 7.00. The zero-order valence-electron chi connectivity index (χ0n) is 10.3. The van der Waals surface area contributed by atoms with E-state index >= 15 is 0 Å². The Morgan fingerprint density at radius 2 is 2.11 bits per heavy atom. The van der Waals surface area contributed by atoms with Gasteiger partial charge in [-0.05, 0) is 37.6 Å². The molecule has 2 rings (SSSR count). The Balaban J connectivity index is 2.12.